The highest BCUT2D eigenvalue weighted by Crippen LogP contribution is 2.25. The van der Waals surface area contributed by atoms with E-state index >= 15 is 0 Å². The molecular formula is C17H12O2S. The lowest BCUT2D eigenvalue weighted by Crippen LogP contribution is -2.03. The molecule has 20 heavy (non-hydrogen) atoms. The fourth-order valence-corrected chi connectivity index (χ4v) is 2.58. The first-order valence-corrected chi connectivity index (χ1v) is 7.12. The Balaban J connectivity index is 1.81. The molecule has 3 aromatic rings. The minimum absolute atomic E-state index is 0.366. The maximum absolute atomic E-state index is 11.8. The Morgan fingerprint density at radius 1 is 1.00 bits per heavy atom. The average Bonchev–Trinajstić information content (AvgIpc) is 2.99. The maximum atomic E-state index is 11.8. The summed E-state index contributed by atoms with van der Waals surface area (Å²) < 4.78 is 5.40. The molecule has 0 aliphatic carbocycles. The quantitative estimate of drug-likeness (QED) is 0.400. The minimum atomic E-state index is -0.366. The Kier molecular flexibility index (Phi) is 3.61. The van der Waals surface area contributed by atoms with Crippen molar-refractivity contribution in [2.24, 2.45) is 0 Å². The van der Waals surface area contributed by atoms with E-state index in [4.69, 9.17) is 4.74 Å². The number of fused-ring (bicyclic) bond motifs is 1. The van der Waals surface area contributed by atoms with Crippen LogP contribution in [0.5, 0.6) is 5.75 Å². The van der Waals surface area contributed by atoms with Crippen molar-refractivity contribution < 1.29 is 9.53 Å². The molecular weight excluding hydrogens is 268 g/mol. The summed E-state index contributed by atoms with van der Waals surface area (Å²) in [5, 5.41) is 3.96. The van der Waals surface area contributed by atoms with Gasteiger partial charge < -0.3 is 4.74 Å². The standard InChI is InChI=1S/C17H12O2S/c18-17(11-10-14-7-4-12-20-14)19-16-9-3-6-13-5-1-2-8-15(13)16/h1-12H. The van der Waals surface area contributed by atoms with E-state index in [9.17, 15) is 4.79 Å². The van der Waals surface area contributed by atoms with E-state index in [1.54, 1.807) is 23.5 Å². The van der Waals surface area contributed by atoms with Gasteiger partial charge in [-0.1, -0.05) is 42.5 Å². The number of hydrogen-bond donors (Lipinski definition) is 0. The first-order chi connectivity index (χ1) is 9.83. The number of carbonyl (C=O) groups is 1. The van der Waals surface area contributed by atoms with E-state index in [-0.39, 0.29) is 5.97 Å². The summed E-state index contributed by atoms with van der Waals surface area (Å²) in [7, 11) is 0. The van der Waals surface area contributed by atoms with Crippen molar-refractivity contribution in [3.8, 4) is 5.75 Å². The molecule has 1 heterocycles. The van der Waals surface area contributed by atoms with Crippen LogP contribution >= 0.6 is 11.3 Å². The highest BCUT2D eigenvalue weighted by atomic mass is 32.1. The molecule has 0 unspecified atom stereocenters. The van der Waals surface area contributed by atoms with Crippen molar-refractivity contribution >= 4 is 34.2 Å². The summed E-state index contributed by atoms with van der Waals surface area (Å²) in [5.74, 6) is 0.221. The van der Waals surface area contributed by atoms with E-state index in [1.165, 1.54) is 6.08 Å². The summed E-state index contributed by atoms with van der Waals surface area (Å²) in [6.45, 7) is 0. The molecule has 0 spiro atoms. The van der Waals surface area contributed by atoms with Gasteiger partial charge in [-0.2, -0.15) is 0 Å². The van der Waals surface area contributed by atoms with Crippen LogP contribution in [0.2, 0.25) is 0 Å². The molecule has 0 fully saturated rings. The Hall–Kier alpha value is -2.39. The zero-order chi connectivity index (χ0) is 13.8. The van der Waals surface area contributed by atoms with E-state index in [0.29, 0.717) is 5.75 Å². The zero-order valence-electron chi connectivity index (χ0n) is 10.7. The highest BCUT2D eigenvalue weighted by molar-refractivity contribution is 7.10. The third-order valence-corrected chi connectivity index (χ3v) is 3.72. The number of esters is 1. The molecule has 0 saturated carbocycles. The lowest BCUT2D eigenvalue weighted by Gasteiger charge is -2.05. The summed E-state index contributed by atoms with van der Waals surface area (Å²) in [6, 6.07) is 17.4. The maximum Gasteiger partial charge on any atom is 0.336 e. The Labute approximate surface area is 120 Å². The van der Waals surface area contributed by atoms with Crippen LogP contribution in [0.4, 0.5) is 0 Å². The van der Waals surface area contributed by atoms with Crippen LogP contribution in [-0.2, 0) is 4.79 Å². The van der Waals surface area contributed by atoms with Gasteiger partial charge in [0.05, 0.1) is 0 Å². The van der Waals surface area contributed by atoms with Crippen molar-refractivity contribution in [2.75, 3.05) is 0 Å². The summed E-state index contributed by atoms with van der Waals surface area (Å²) in [5.41, 5.74) is 0. The average molecular weight is 280 g/mol. The minimum Gasteiger partial charge on any atom is -0.423 e. The molecule has 0 saturated heterocycles. The van der Waals surface area contributed by atoms with Crippen molar-refractivity contribution in [1.82, 2.24) is 0 Å². The number of benzene rings is 2. The zero-order valence-corrected chi connectivity index (χ0v) is 11.5. The molecule has 0 aliphatic heterocycles. The predicted molar refractivity (Wildman–Crippen MR) is 82.9 cm³/mol. The van der Waals surface area contributed by atoms with Crippen molar-refractivity contribution in [1.29, 1.82) is 0 Å². The van der Waals surface area contributed by atoms with E-state index in [1.807, 2.05) is 53.9 Å². The van der Waals surface area contributed by atoms with Crippen molar-refractivity contribution in [3.05, 3.63) is 70.9 Å². The van der Waals surface area contributed by atoms with Gasteiger partial charge in [0.1, 0.15) is 5.75 Å². The largest absolute Gasteiger partial charge is 0.423 e. The van der Waals surface area contributed by atoms with Gasteiger partial charge in [0, 0.05) is 16.3 Å². The number of hydrogen-bond acceptors (Lipinski definition) is 3. The third-order valence-electron chi connectivity index (χ3n) is 2.89. The first kappa shape index (κ1) is 12.6. The summed E-state index contributed by atoms with van der Waals surface area (Å²) in [4.78, 5) is 12.9. The molecule has 0 amide bonds. The van der Waals surface area contributed by atoms with Gasteiger partial charge in [-0.25, -0.2) is 4.79 Å². The molecule has 2 aromatic carbocycles. The fraction of sp³-hybridized carbons (Fsp3) is 0. The number of carbonyl (C=O) groups excluding carboxylic acids is 1. The van der Waals surface area contributed by atoms with Crippen LogP contribution < -0.4 is 4.74 Å². The van der Waals surface area contributed by atoms with E-state index in [2.05, 4.69) is 0 Å². The number of ether oxygens (including phenoxy) is 1. The highest BCUT2D eigenvalue weighted by Gasteiger charge is 2.05. The van der Waals surface area contributed by atoms with Gasteiger partial charge in [-0.3, -0.25) is 0 Å². The molecule has 0 atom stereocenters. The normalized spacial score (nSPS) is 11.0. The molecule has 0 bridgehead atoms. The Morgan fingerprint density at radius 2 is 1.85 bits per heavy atom. The summed E-state index contributed by atoms with van der Waals surface area (Å²) in [6.07, 6.45) is 3.21. The lowest BCUT2D eigenvalue weighted by atomic mass is 10.1. The molecule has 0 aliphatic rings. The number of rotatable bonds is 3. The molecule has 98 valence electrons. The second kappa shape index (κ2) is 5.72. The van der Waals surface area contributed by atoms with Crippen LogP contribution in [-0.4, -0.2) is 5.97 Å². The fourth-order valence-electron chi connectivity index (χ4n) is 1.96. The summed E-state index contributed by atoms with van der Waals surface area (Å²) >= 11 is 1.58. The lowest BCUT2D eigenvalue weighted by molar-refractivity contribution is -0.128. The van der Waals surface area contributed by atoms with Gasteiger partial charge in [0.15, 0.2) is 0 Å². The van der Waals surface area contributed by atoms with Crippen molar-refractivity contribution in [2.45, 2.75) is 0 Å². The second-order valence-electron chi connectivity index (χ2n) is 4.25. The van der Waals surface area contributed by atoms with E-state index < -0.39 is 0 Å². The molecule has 0 radical (unpaired) electrons. The van der Waals surface area contributed by atoms with Gasteiger partial charge in [0.25, 0.3) is 0 Å². The van der Waals surface area contributed by atoms with Crippen LogP contribution in [0.1, 0.15) is 4.88 Å². The molecule has 3 heteroatoms. The first-order valence-electron chi connectivity index (χ1n) is 6.24. The monoisotopic (exact) mass is 280 g/mol. The molecule has 3 rings (SSSR count). The van der Waals surface area contributed by atoms with Gasteiger partial charge in [-0.05, 0) is 29.0 Å². The van der Waals surface area contributed by atoms with Gasteiger partial charge in [-0.15, -0.1) is 11.3 Å². The molecule has 0 N–H and O–H groups in total. The van der Waals surface area contributed by atoms with Crippen LogP contribution in [0.15, 0.2) is 66.1 Å². The van der Waals surface area contributed by atoms with Gasteiger partial charge >= 0.3 is 5.97 Å². The van der Waals surface area contributed by atoms with Crippen LogP contribution in [0, 0.1) is 0 Å². The second-order valence-corrected chi connectivity index (χ2v) is 5.23. The topological polar surface area (TPSA) is 26.3 Å². The molecule has 2 nitrogen and oxygen atoms in total. The molecule has 1 aromatic heterocycles. The smallest absolute Gasteiger partial charge is 0.336 e. The van der Waals surface area contributed by atoms with Crippen molar-refractivity contribution in [3.63, 3.8) is 0 Å². The van der Waals surface area contributed by atoms with Gasteiger partial charge in [0.2, 0.25) is 0 Å². The Morgan fingerprint density at radius 3 is 2.70 bits per heavy atom. The third kappa shape index (κ3) is 2.78. The number of thiophene rings is 1. The van der Waals surface area contributed by atoms with Crippen LogP contribution in [0.3, 0.4) is 0 Å². The van der Waals surface area contributed by atoms with Crippen LogP contribution in [0.25, 0.3) is 16.8 Å². The SMILES string of the molecule is O=C(C=Cc1cccs1)Oc1cccc2ccccc12. The van der Waals surface area contributed by atoms with E-state index in [0.717, 1.165) is 15.6 Å². The predicted octanol–water partition coefficient (Wildman–Crippen LogP) is 4.52. The Bertz CT molecular complexity index is 752.